The first kappa shape index (κ1) is 10.3. The number of hydrogen-bond donors (Lipinski definition) is 1. The van der Waals surface area contributed by atoms with E-state index >= 15 is 0 Å². The van der Waals surface area contributed by atoms with Gasteiger partial charge in [-0.2, -0.15) is 0 Å². The number of ether oxygens (including phenoxy) is 4. The Kier molecular flexibility index (Phi) is 2.53. The quantitative estimate of drug-likeness (QED) is 0.644. The molecule has 2 aliphatic heterocycles. The second-order valence-electron chi connectivity index (χ2n) is 4.06. The van der Waals surface area contributed by atoms with Gasteiger partial charge < -0.3 is 24.1 Å². The fourth-order valence-corrected chi connectivity index (χ4v) is 1.97. The molecule has 0 aromatic rings. The number of fused-ring (bicyclic) bond motifs is 1. The molecule has 0 radical (unpaired) electrons. The molecule has 4 atom stereocenters. The standard InChI is InChI=1S/C9H16O5/c1-9(2)13-5-4-12-8(10)7(11-3)6(5)14-9/h5-8,10H,4H2,1-3H3/t5-,6?,7+,8?/m0/s1. The summed E-state index contributed by atoms with van der Waals surface area (Å²) in [7, 11) is 1.52. The smallest absolute Gasteiger partial charge is 0.183 e. The lowest BCUT2D eigenvalue weighted by Gasteiger charge is -2.33. The van der Waals surface area contributed by atoms with Crippen molar-refractivity contribution in [2.45, 2.75) is 44.2 Å². The molecule has 2 saturated heterocycles. The third kappa shape index (κ3) is 1.66. The Morgan fingerprint density at radius 1 is 1.36 bits per heavy atom. The van der Waals surface area contributed by atoms with Crippen LogP contribution in [0.5, 0.6) is 0 Å². The van der Waals surface area contributed by atoms with Crippen molar-refractivity contribution < 1.29 is 24.1 Å². The summed E-state index contributed by atoms with van der Waals surface area (Å²) in [5, 5.41) is 9.50. The van der Waals surface area contributed by atoms with E-state index in [2.05, 4.69) is 0 Å². The molecule has 5 nitrogen and oxygen atoms in total. The van der Waals surface area contributed by atoms with E-state index in [1.54, 1.807) is 0 Å². The first-order chi connectivity index (χ1) is 6.53. The minimum absolute atomic E-state index is 0.154. The summed E-state index contributed by atoms with van der Waals surface area (Å²) in [6.45, 7) is 4.02. The van der Waals surface area contributed by atoms with Gasteiger partial charge in [0.2, 0.25) is 0 Å². The molecule has 1 N–H and O–H groups in total. The first-order valence-corrected chi connectivity index (χ1v) is 4.71. The molecule has 0 aromatic heterocycles. The van der Waals surface area contributed by atoms with Crippen LogP contribution < -0.4 is 0 Å². The van der Waals surface area contributed by atoms with Crippen LogP contribution in [0, 0.1) is 0 Å². The Labute approximate surface area is 82.9 Å². The van der Waals surface area contributed by atoms with Gasteiger partial charge in [-0.3, -0.25) is 0 Å². The second-order valence-corrected chi connectivity index (χ2v) is 4.06. The van der Waals surface area contributed by atoms with E-state index in [-0.39, 0.29) is 12.2 Å². The highest BCUT2D eigenvalue weighted by atomic mass is 16.8. The zero-order valence-corrected chi connectivity index (χ0v) is 8.60. The van der Waals surface area contributed by atoms with Crippen molar-refractivity contribution in [3.63, 3.8) is 0 Å². The van der Waals surface area contributed by atoms with Gasteiger partial charge in [0.1, 0.15) is 18.3 Å². The van der Waals surface area contributed by atoms with Gasteiger partial charge in [-0.05, 0) is 13.8 Å². The first-order valence-electron chi connectivity index (χ1n) is 4.71. The molecule has 2 unspecified atom stereocenters. The molecule has 2 aliphatic rings. The average Bonchev–Trinajstić information content (AvgIpc) is 2.39. The van der Waals surface area contributed by atoms with Crippen LogP contribution in [-0.2, 0) is 18.9 Å². The molecule has 0 amide bonds. The van der Waals surface area contributed by atoms with Crippen LogP contribution in [0.1, 0.15) is 13.8 Å². The molecular formula is C9H16O5. The Balaban J connectivity index is 2.12. The molecule has 14 heavy (non-hydrogen) atoms. The highest BCUT2D eigenvalue weighted by Crippen LogP contribution is 2.34. The van der Waals surface area contributed by atoms with Crippen LogP contribution in [0.25, 0.3) is 0 Å². The maximum absolute atomic E-state index is 9.50. The molecule has 0 aromatic carbocycles. The van der Waals surface area contributed by atoms with Crippen LogP contribution in [0.4, 0.5) is 0 Å². The predicted octanol–water partition coefficient (Wildman–Crippen LogP) is -0.130. The van der Waals surface area contributed by atoms with Crippen molar-refractivity contribution in [2.24, 2.45) is 0 Å². The average molecular weight is 204 g/mol. The number of aliphatic hydroxyl groups is 1. The minimum Gasteiger partial charge on any atom is -0.373 e. The summed E-state index contributed by atoms with van der Waals surface area (Å²) < 4.78 is 21.5. The maximum Gasteiger partial charge on any atom is 0.183 e. The number of hydrogen-bond acceptors (Lipinski definition) is 5. The largest absolute Gasteiger partial charge is 0.373 e. The molecule has 2 fully saturated rings. The Morgan fingerprint density at radius 2 is 2.07 bits per heavy atom. The summed E-state index contributed by atoms with van der Waals surface area (Å²) in [4.78, 5) is 0. The van der Waals surface area contributed by atoms with E-state index in [9.17, 15) is 5.11 Å². The molecule has 0 spiro atoms. The van der Waals surface area contributed by atoms with Crippen molar-refractivity contribution in [3.8, 4) is 0 Å². The lowest BCUT2D eigenvalue weighted by molar-refractivity contribution is -0.238. The number of aliphatic hydroxyl groups excluding tert-OH is 1. The van der Waals surface area contributed by atoms with Gasteiger partial charge in [0.05, 0.1) is 6.61 Å². The lowest BCUT2D eigenvalue weighted by Crippen LogP contribution is -2.52. The topological polar surface area (TPSA) is 57.2 Å². The van der Waals surface area contributed by atoms with E-state index < -0.39 is 18.2 Å². The minimum atomic E-state index is -0.932. The van der Waals surface area contributed by atoms with E-state index in [0.717, 1.165) is 0 Å². The van der Waals surface area contributed by atoms with Crippen LogP contribution in [-0.4, -0.2) is 49.2 Å². The number of rotatable bonds is 1. The molecule has 2 rings (SSSR count). The Bertz CT molecular complexity index is 217. The monoisotopic (exact) mass is 204 g/mol. The SMILES string of the molecule is CO[C@H]1C(O)OC[C@@H]2OC(C)(C)OC12. The summed E-state index contributed by atoms with van der Waals surface area (Å²) in [5.41, 5.74) is 0. The molecule has 0 aliphatic carbocycles. The van der Waals surface area contributed by atoms with Gasteiger partial charge >= 0.3 is 0 Å². The van der Waals surface area contributed by atoms with Crippen molar-refractivity contribution in [3.05, 3.63) is 0 Å². The fraction of sp³-hybridized carbons (Fsp3) is 1.00. The summed E-state index contributed by atoms with van der Waals surface area (Å²) >= 11 is 0. The van der Waals surface area contributed by atoms with Crippen LogP contribution in [0.3, 0.4) is 0 Å². The molecule has 82 valence electrons. The molecule has 0 saturated carbocycles. The highest BCUT2D eigenvalue weighted by molar-refractivity contribution is 4.91. The Hall–Kier alpha value is -0.200. The summed E-state index contributed by atoms with van der Waals surface area (Å²) in [6.07, 6.45) is -1.81. The van der Waals surface area contributed by atoms with E-state index in [1.165, 1.54) is 7.11 Å². The summed E-state index contributed by atoms with van der Waals surface area (Å²) in [5.74, 6) is -0.625. The maximum atomic E-state index is 9.50. The third-order valence-corrected chi connectivity index (χ3v) is 2.53. The zero-order valence-electron chi connectivity index (χ0n) is 8.60. The molecule has 0 bridgehead atoms. The van der Waals surface area contributed by atoms with Gasteiger partial charge in [-0.15, -0.1) is 0 Å². The fourth-order valence-electron chi connectivity index (χ4n) is 1.97. The molecular weight excluding hydrogens is 188 g/mol. The summed E-state index contributed by atoms with van der Waals surface area (Å²) in [6, 6.07) is 0. The number of methoxy groups -OCH3 is 1. The lowest BCUT2D eigenvalue weighted by atomic mass is 10.1. The van der Waals surface area contributed by atoms with Crippen molar-refractivity contribution in [2.75, 3.05) is 13.7 Å². The zero-order chi connectivity index (χ0) is 10.3. The highest BCUT2D eigenvalue weighted by Gasteiger charge is 2.50. The van der Waals surface area contributed by atoms with Crippen molar-refractivity contribution in [1.29, 1.82) is 0 Å². The van der Waals surface area contributed by atoms with Crippen LogP contribution in [0.2, 0.25) is 0 Å². The van der Waals surface area contributed by atoms with Gasteiger partial charge in [-0.1, -0.05) is 0 Å². The van der Waals surface area contributed by atoms with Crippen LogP contribution >= 0.6 is 0 Å². The molecule has 5 heteroatoms. The van der Waals surface area contributed by atoms with E-state index in [0.29, 0.717) is 6.61 Å². The van der Waals surface area contributed by atoms with Crippen molar-refractivity contribution in [1.82, 2.24) is 0 Å². The van der Waals surface area contributed by atoms with E-state index in [4.69, 9.17) is 18.9 Å². The normalized spacial score (nSPS) is 46.3. The van der Waals surface area contributed by atoms with E-state index in [1.807, 2.05) is 13.8 Å². The van der Waals surface area contributed by atoms with Gasteiger partial charge in [-0.25, -0.2) is 0 Å². The molecule has 2 heterocycles. The van der Waals surface area contributed by atoms with Crippen LogP contribution in [0.15, 0.2) is 0 Å². The Morgan fingerprint density at radius 3 is 2.71 bits per heavy atom. The van der Waals surface area contributed by atoms with Gasteiger partial charge in [0.25, 0.3) is 0 Å². The van der Waals surface area contributed by atoms with Gasteiger partial charge in [0, 0.05) is 7.11 Å². The van der Waals surface area contributed by atoms with Crippen molar-refractivity contribution >= 4 is 0 Å². The third-order valence-electron chi connectivity index (χ3n) is 2.53. The predicted molar refractivity (Wildman–Crippen MR) is 46.6 cm³/mol. The van der Waals surface area contributed by atoms with Gasteiger partial charge in [0.15, 0.2) is 12.1 Å². The second kappa shape index (κ2) is 3.43.